The number of halogens is 2. The highest BCUT2D eigenvalue weighted by molar-refractivity contribution is 6.36. The molecule has 0 radical (unpaired) electrons. The summed E-state index contributed by atoms with van der Waals surface area (Å²) >= 11 is 12.1. The smallest absolute Gasteiger partial charge is 0.344 e. The zero-order valence-corrected chi connectivity index (χ0v) is 19.7. The lowest BCUT2D eigenvalue weighted by Gasteiger charge is -2.28. The van der Waals surface area contributed by atoms with E-state index in [1.165, 1.54) is 6.92 Å². The van der Waals surface area contributed by atoms with E-state index in [1.54, 1.807) is 24.3 Å². The van der Waals surface area contributed by atoms with Crippen LogP contribution in [0.25, 0.3) is 0 Å². The third-order valence-electron chi connectivity index (χ3n) is 5.67. The van der Waals surface area contributed by atoms with E-state index < -0.39 is 12.1 Å². The molecule has 8 heteroatoms. The molecular formula is C24H28Cl2N2O4. The fraction of sp³-hybridized carbons (Fsp3) is 0.417. The Kier molecular flexibility index (Phi) is 8.40. The molecule has 6 nitrogen and oxygen atoms in total. The molecule has 0 bridgehead atoms. The molecule has 1 unspecified atom stereocenters. The van der Waals surface area contributed by atoms with Gasteiger partial charge >= 0.3 is 5.97 Å². The second kappa shape index (κ2) is 11.0. The van der Waals surface area contributed by atoms with Gasteiger partial charge in [0.15, 0.2) is 6.10 Å². The fourth-order valence-electron chi connectivity index (χ4n) is 3.97. The molecule has 2 N–H and O–H groups in total. The molecule has 32 heavy (non-hydrogen) atoms. The number of carboxylic acid groups (broad SMARTS) is 1. The number of hydrogen-bond acceptors (Lipinski definition) is 4. The number of carbonyl (C=O) groups is 2. The molecule has 1 atom stereocenters. The Balaban J connectivity index is 1.70. The molecule has 0 saturated heterocycles. The van der Waals surface area contributed by atoms with E-state index >= 15 is 0 Å². The average molecular weight is 479 g/mol. The van der Waals surface area contributed by atoms with E-state index in [9.17, 15) is 9.59 Å². The summed E-state index contributed by atoms with van der Waals surface area (Å²) < 4.78 is 5.52. The highest BCUT2D eigenvalue weighted by Crippen LogP contribution is 2.28. The zero-order valence-electron chi connectivity index (χ0n) is 18.2. The van der Waals surface area contributed by atoms with E-state index in [0.29, 0.717) is 34.1 Å². The average Bonchev–Trinajstić information content (AvgIpc) is 3.26. The molecule has 1 saturated carbocycles. The number of benzene rings is 2. The lowest BCUT2D eigenvalue weighted by Crippen LogP contribution is -2.39. The van der Waals surface area contributed by atoms with Crippen molar-refractivity contribution in [3.05, 3.63) is 57.6 Å². The van der Waals surface area contributed by atoms with Crippen LogP contribution in [-0.4, -0.2) is 40.6 Å². The summed E-state index contributed by atoms with van der Waals surface area (Å²) in [5, 5.41) is 12.9. The number of ether oxygens (including phenoxy) is 1. The van der Waals surface area contributed by atoms with Crippen molar-refractivity contribution < 1.29 is 19.4 Å². The summed E-state index contributed by atoms with van der Waals surface area (Å²) in [7, 11) is 0. The van der Waals surface area contributed by atoms with Crippen LogP contribution in [-0.2, 0) is 16.1 Å². The second-order valence-corrected chi connectivity index (χ2v) is 9.06. The topological polar surface area (TPSA) is 78.9 Å². The molecular weight excluding hydrogens is 451 g/mol. The second-order valence-electron chi connectivity index (χ2n) is 8.21. The molecule has 2 aromatic rings. The van der Waals surface area contributed by atoms with Crippen LogP contribution in [0.3, 0.4) is 0 Å². The first-order valence-corrected chi connectivity index (χ1v) is 11.5. The van der Waals surface area contributed by atoms with E-state index in [1.807, 2.05) is 19.1 Å². The number of rotatable bonds is 9. The number of hydrogen-bond donors (Lipinski definition) is 2. The zero-order chi connectivity index (χ0) is 23.3. The molecule has 0 aromatic heterocycles. The highest BCUT2D eigenvalue weighted by Gasteiger charge is 2.25. The van der Waals surface area contributed by atoms with Gasteiger partial charge < -0.3 is 15.2 Å². The number of nitrogens with one attached hydrogen (secondary N) is 1. The van der Waals surface area contributed by atoms with Crippen LogP contribution in [0.4, 0.5) is 5.69 Å². The Morgan fingerprint density at radius 3 is 2.53 bits per heavy atom. The van der Waals surface area contributed by atoms with Crippen LogP contribution in [0.1, 0.15) is 43.7 Å². The van der Waals surface area contributed by atoms with Gasteiger partial charge in [-0.1, -0.05) is 48.2 Å². The van der Waals surface area contributed by atoms with Crippen molar-refractivity contribution in [2.45, 2.75) is 58.2 Å². The van der Waals surface area contributed by atoms with Crippen LogP contribution in [0, 0.1) is 6.92 Å². The minimum absolute atomic E-state index is 0.131. The van der Waals surface area contributed by atoms with Crippen LogP contribution in [0.15, 0.2) is 36.4 Å². The number of carboxylic acids is 1. The van der Waals surface area contributed by atoms with E-state index in [2.05, 4.69) is 10.2 Å². The minimum Gasteiger partial charge on any atom is -0.479 e. The molecule has 2 aromatic carbocycles. The molecule has 1 aliphatic carbocycles. The van der Waals surface area contributed by atoms with Crippen molar-refractivity contribution in [1.82, 2.24) is 4.90 Å². The molecule has 1 fully saturated rings. The molecule has 0 aliphatic heterocycles. The number of amides is 1. The minimum atomic E-state index is -1.01. The lowest BCUT2D eigenvalue weighted by atomic mass is 10.1. The largest absolute Gasteiger partial charge is 0.479 e. The lowest BCUT2D eigenvalue weighted by molar-refractivity contribution is -0.144. The summed E-state index contributed by atoms with van der Waals surface area (Å²) in [6.07, 6.45) is 3.52. The third kappa shape index (κ3) is 6.61. The standard InChI is InChI=1S/C24H28Cl2N2O4/c1-15-11-17(7-10-22(15)32-16(2)24(30)31)13-28(19-5-3-4-6-19)14-23(29)27-21-9-8-18(25)12-20(21)26/h7-12,16,19H,3-6,13-14H2,1-2H3,(H,27,29)(H,30,31). The molecule has 0 heterocycles. The van der Waals surface area contributed by atoms with Crippen LogP contribution < -0.4 is 10.1 Å². The van der Waals surface area contributed by atoms with E-state index in [4.69, 9.17) is 33.0 Å². The van der Waals surface area contributed by atoms with E-state index in [-0.39, 0.29) is 12.5 Å². The Morgan fingerprint density at radius 1 is 1.19 bits per heavy atom. The van der Waals surface area contributed by atoms with Crippen molar-refractivity contribution in [3.8, 4) is 5.75 Å². The normalized spacial score (nSPS) is 15.0. The van der Waals surface area contributed by atoms with Crippen molar-refractivity contribution >= 4 is 40.8 Å². The van der Waals surface area contributed by atoms with Gasteiger partial charge in [0.25, 0.3) is 0 Å². The van der Waals surface area contributed by atoms with E-state index in [0.717, 1.165) is 36.8 Å². The molecule has 1 amide bonds. The molecule has 172 valence electrons. The van der Waals surface area contributed by atoms with Gasteiger partial charge in [-0.25, -0.2) is 4.79 Å². The van der Waals surface area contributed by atoms with Crippen LogP contribution in [0.2, 0.25) is 10.0 Å². The maximum atomic E-state index is 12.8. The fourth-order valence-corrected chi connectivity index (χ4v) is 4.42. The van der Waals surface area contributed by atoms with Crippen molar-refractivity contribution in [3.63, 3.8) is 0 Å². The molecule has 1 aliphatic rings. The molecule has 3 rings (SSSR count). The summed E-state index contributed by atoms with van der Waals surface area (Å²) in [5.41, 5.74) is 2.44. The number of carbonyl (C=O) groups excluding carboxylic acids is 1. The summed E-state index contributed by atoms with van der Waals surface area (Å²) in [5.74, 6) is -0.591. The summed E-state index contributed by atoms with van der Waals surface area (Å²) in [6, 6.07) is 11.0. The monoisotopic (exact) mass is 478 g/mol. The van der Waals surface area contributed by atoms with Crippen molar-refractivity contribution in [2.75, 3.05) is 11.9 Å². The Bertz CT molecular complexity index is 976. The van der Waals surface area contributed by atoms with Gasteiger partial charge in [-0.05, 0) is 62.1 Å². The number of aryl methyl sites for hydroxylation is 1. The summed E-state index contributed by atoms with van der Waals surface area (Å²) in [4.78, 5) is 26.1. The van der Waals surface area contributed by atoms with Crippen molar-refractivity contribution in [1.29, 1.82) is 0 Å². The Hall–Kier alpha value is -2.28. The van der Waals surface area contributed by atoms with Gasteiger partial charge in [0.2, 0.25) is 5.91 Å². The Morgan fingerprint density at radius 2 is 1.91 bits per heavy atom. The van der Waals surface area contributed by atoms with Gasteiger partial charge in [0.05, 0.1) is 17.3 Å². The maximum absolute atomic E-state index is 12.8. The highest BCUT2D eigenvalue weighted by atomic mass is 35.5. The predicted molar refractivity (Wildman–Crippen MR) is 127 cm³/mol. The third-order valence-corrected chi connectivity index (χ3v) is 6.22. The first kappa shape index (κ1) is 24.4. The van der Waals surface area contributed by atoms with Gasteiger partial charge in [0, 0.05) is 17.6 Å². The summed E-state index contributed by atoms with van der Waals surface area (Å²) in [6.45, 7) is 4.25. The quantitative estimate of drug-likeness (QED) is 0.494. The Labute approximate surface area is 198 Å². The number of aliphatic carboxylic acids is 1. The van der Waals surface area contributed by atoms with Gasteiger partial charge in [0.1, 0.15) is 5.75 Å². The van der Waals surface area contributed by atoms with Gasteiger partial charge in [-0.2, -0.15) is 0 Å². The van der Waals surface area contributed by atoms with Gasteiger partial charge in [-0.15, -0.1) is 0 Å². The first-order chi connectivity index (χ1) is 15.2. The van der Waals surface area contributed by atoms with Gasteiger partial charge in [-0.3, -0.25) is 9.69 Å². The first-order valence-electron chi connectivity index (χ1n) is 10.7. The number of nitrogens with zero attached hydrogens (tertiary/aromatic N) is 1. The molecule has 0 spiro atoms. The SMILES string of the molecule is Cc1cc(CN(CC(=O)Nc2ccc(Cl)cc2Cl)C2CCCC2)ccc1OC(C)C(=O)O. The van der Waals surface area contributed by atoms with Crippen molar-refractivity contribution in [2.24, 2.45) is 0 Å². The van der Waals surface area contributed by atoms with Crippen LogP contribution in [0.5, 0.6) is 5.75 Å². The maximum Gasteiger partial charge on any atom is 0.344 e. The van der Waals surface area contributed by atoms with Crippen LogP contribution >= 0.6 is 23.2 Å². The predicted octanol–water partition coefficient (Wildman–Crippen LogP) is 5.54. The number of anilines is 1.